The molecule has 0 saturated heterocycles. The summed E-state index contributed by atoms with van der Waals surface area (Å²) in [4.78, 5) is 9.12. The van der Waals surface area contributed by atoms with Crippen molar-refractivity contribution in [2.45, 2.75) is 44.6 Å². The van der Waals surface area contributed by atoms with Crippen molar-refractivity contribution in [2.24, 2.45) is 0 Å². The van der Waals surface area contributed by atoms with Gasteiger partial charge in [0.2, 0.25) is 5.95 Å². The number of halogens is 4. The Bertz CT molecular complexity index is 1070. The van der Waals surface area contributed by atoms with E-state index < -0.39 is 6.36 Å². The molecule has 0 spiro atoms. The molecule has 0 radical (unpaired) electrons. The number of ether oxygens (including phenoxy) is 1. The van der Waals surface area contributed by atoms with Gasteiger partial charge in [-0.25, -0.2) is 4.98 Å². The number of rotatable bonds is 7. The summed E-state index contributed by atoms with van der Waals surface area (Å²) in [5.74, 6) is 0.690. The monoisotopic (exact) mass is 462 g/mol. The van der Waals surface area contributed by atoms with Crippen LogP contribution in [-0.4, -0.2) is 22.4 Å². The van der Waals surface area contributed by atoms with Crippen molar-refractivity contribution >= 4 is 23.4 Å². The van der Waals surface area contributed by atoms with Crippen LogP contribution < -0.4 is 15.4 Å². The number of alkyl halides is 3. The van der Waals surface area contributed by atoms with Crippen LogP contribution in [0.3, 0.4) is 0 Å². The molecule has 32 heavy (non-hydrogen) atoms. The van der Waals surface area contributed by atoms with Gasteiger partial charge in [0.1, 0.15) is 11.6 Å². The van der Waals surface area contributed by atoms with Gasteiger partial charge < -0.3 is 15.4 Å². The van der Waals surface area contributed by atoms with E-state index in [0.717, 1.165) is 31.2 Å². The van der Waals surface area contributed by atoms with Crippen LogP contribution in [0.4, 0.5) is 24.9 Å². The minimum atomic E-state index is -4.76. The first-order chi connectivity index (χ1) is 15.3. The average molecular weight is 463 g/mol. The number of anilines is 2. The highest BCUT2D eigenvalue weighted by Gasteiger charge is 2.31. The van der Waals surface area contributed by atoms with Gasteiger partial charge in [-0.2, -0.15) is 4.98 Å². The molecule has 2 aromatic carbocycles. The van der Waals surface area contributed by atoms with Gasteiger partial charge in [-0.15, -0.1) is 13.2 Å². The van der Waals surface area contributed by atoms with Gasteiger partial charge >= 0.3 is 6.36 Å². The number of hydrogen-bond acceptors (Lipinski definition) is 5. The molecule has 9 heteroatoms. The summed E-state index contributed by atoms with van der Waals surface area (Å²) in [6.45, 7) is 0.483. The van der Waals surface area contributed by atoms with Crippen LogP contribution in [0.5, 0.6) is 5.75 Å². The summed E-state index contributed by atoms with van der Waals surface area (Å²) < 4.78 is 42.0. The summed E-state index contributed by atoms with van der Waals surface area (Å²) >= 11 is 6.06. The van der Waals surface area contributed by atoms with Gasteiger partial charge in [0.15, 0.2) is 0 Å². The molecule has 0 bridgehead atoms. The van der Waals surface area contributed by atoms with Crippen molar-refractivity contribution in [3.8, 4) is 17.0 Å². The average Bonchev–Trinajstić information content (AvgIpc) is 3.24. The lowest BCUT2D eigenvalue weighted by molar-refractivity contribution is -0.274. The van der Waals surface area contributed by atoms with Gasteiger partial charge in [-0.1, -0.05) is 48.7 Å². The highest BCUT2D eigenvalue weighted by atomic mass is 35.5. The standard InChI is InChI=1S/C23H22ClF3N4O/c24-17-7-3-5-15(11-17)14-28-21-13-20(30-22(31-21)29-18-8-1-2-9-18)16-6-4-10-19(12-16)32-23(25,26)27/h3-7,10-13,18H,1-2,8-9,14H2,(H2,28,29,30,31). The smallest absolute Gasteiger partial charge is 0.406 e. The zero-order valence-corrected chi connectivity index (χ0v) is 17.9. The van der Waals surface area contributed by atoms with Crippen LogP contribution in [0.15, 0.2) is 54.6 Å². The van der Waals surface area contributed by atoms with Crippen molar-refractivity contribution in [3.63, 3.8) is 0 Å². The fraction of sp³-hybridized carbons (Fsp3) is 0.304. The van der Waals surface area contributed by atoms with E-state index >= 15 is 0 Å². The predicted octanol–water partition coefficient (Wildman–Crippen LogP) is 6.66. The van der Waals surface area contributed by atoms with Crippen molar-refractivity contribution < 1.29 is 17.9 Å². The Hall–Kier alpha value is -3.00. The Labute approximate surface area is 189 Å². The Morgan fingerprint density at radius 2 is 1.78 bits per heavy atom. The Kier molecular flexibility index (Phi) is 6.69. The molecule has 1 aliphatic carbocycles. The van der Waals surface area contributed by atoms with E-state index in [4.69, 9.17) is 11.6 Å². The molecule has 3 aromatic rings. The molecule has 1 aliphatic rings. The third kappa shape index (κ3) is 6.26. The highest BCUT2D eigenvalue weighted by Crippen LogP contribution is 2.29. The highest BCUT2D eigenvalue weighted by molar-refractivity contribution is 6.30. The predicted molar refractivity (Wildman–Crippen MR) is 119 cm³/mol. The fourth-order valence-electron chi connectivity index (χ4n) is 3.70. The first kappa shape index (κ1) is 22.2. The van der Waals surface area contributed by atoms with Crippen molar-refractivity contribution in [2.75, 3.05) is 10.6 Å². The van der Waals surface area contributed by atoms with Crippen molar-refractivity contribution in [1.82, 2.24) is 9.97 Å². The van der Waals surface area contributed by atoms with Gasteiger partial charge in [-0.3, -0.25) is 0 Å². The molecule has 2 N–H and O–H groups in total. The molecule has 0 atom stereocenters. The van der Waals surface area contributed by atoms with Gasteiger partial charge in [0, 0.05) is 29.2 Å². The minimum Gasteiger partial charge on any atom is -0.406 e. The van der Waals surface area contributed by atoms with Crippen LogP contribution in [-0.2, 0) is 6.54 Å². The molecule has 0 aliphatic heterocycles. The Balaban J connectivity index is 1.61. The molecule has 1 heterocycles. The van der Waals surface area contributed by atoms with Gasteiger partial charge in [0.05, 0.1) is 5.69 Å². The lowest BCUT2D eigenvalue weighted by Crippen LogP contribution is -2.18. The summed E-state index contributed by atoms with van der Waals surface area (Å²) in [7, 11) is 0. The zero-order chi connectivity index (χ0) is 22.6. The summed E-state index contributed by atoms with van der Waals surface area (Å²) in [6.07, 6.45) is -0.396. The third-order valence-corrected chi connectivity index (χ3v) is 5.38. The van der Waals surface area contributed by atoms with E-state index in [2.05, 4.69) is 25.3 Å². The van der Waals surface area contributed by atoms with E-state index in [1.807, 2.05) is 18.2 Å². The summed E-state index contributed by atoms with van der Waals surface area (Å²) in [6, 6.07) is 15.2. The second kappa shape index (κ2) is 9.65. The van der Waals surface area contributed by atoms with E-state index in [9.17, 15) is 13.2 Å². The maximum absolute atomic E-state index is 12.6. The lowest BCUT2D eigenvalue weighted by Gasteiger charge is -2.15. The molecule has 1 fully saturated rings. The molecule has 5 nitrogen and oxygen atoms in total. The van der Waals surface area contributed by atoms with Crippen molar-refractivity contribution in [3.05, 3.63) is 65.2 Å². The topological polar surface area (TPSA) is 59.1 Å². The van der Waals surface area contributed by atoms with Crippen LogP contribution in [0.25, 0.3) is 11.3 Å². The van der Waals surface area contributed by atoms with Crippen molar-refractivity contribution in [1.29, 1.82) is 0 Å². The van der Waals surface area contributed by atoms with E-state index in [-0.39, 0.29) is 11.8 Å². The second-order valence-corrected chi connectivity index (χ2v) is 8.08. The minimum absolute atomic E-state index is 0.283. The summed E-state index contributed by atoms with van der Waals surface area (Å²) in [5.41, 5.74) is 1.96. The first-order valence-electron chi connectivity index (χ1n) is 10.3. The number of hydrogen-bond donors (Lipinski definition) is 2. The van der Waals surface area contributed by atoms with Gasteiger partial charge in [0.25, 0.3) is 0 Å². The first-order valence-corrected chi connectivity index (χ1v) is 10.7. The molecule has 4 rings (SSSR count). The molecule has 1 saturated carbocycles. The maximum atomic E-state index is 12.6. The SMILES string of the molecule is FC(F)(F)Oc1cccc(-c2cc(NCc3cccc(Cl)c3)nc(NC3CCCC3)n2)c1. The largest absolute Gasteiger partial charge is 0.573 e. The molecular formula is C23H22ClF3N4O. The van der Waals surface area contributed by atoms with Gasteiger partial charge in [-0.05, 0) is 42.7 Å². The molecule has 0 amide bonds. The maximum Gasteiger partial charge on any atom is 0.573 e. The van der Waals surface area contributed by atoms with E-state index in [0.29, 0.717) is 34.6 Å². The van der Waals surface area contributed by atoms with E-state index in [1.54, 1.807) is 18.2 Å². The normalized spacial score (nSPS) is 14.4. The number of benzene rings is 2. The lowest BCUT2D eigenvalue weighted by atomic mass is 10.1. The van der Waals surface area contributed by atoms with Crippen LogP contribution in [0.1, 0.15) is 31.2 Å². The number of nitrogens with zero attached hydrogens (tertiary/aromatic N) is 2. The fourth-order valence-corrected chi connectivity index (χ4v) is 3.91. The molecule has 168 valence electrons. The Morgan fingerprint density at radius 1 is 1.00 bits per heavy atom. The van der Waals surface area contributed by atoms with Crippen LogP contribution in [0, 0.1) is 0 Å². The molecular weight excluding hydrogens is 441 g/mol. The van der Waals surface area contributed by atoms with Crippen LogP contribution >= 0.6 is 11.6 Å². The number of nitrogens with one attached hydrogen (secondary N) is 2. The molecule has 0 unspecified atom stereocenters. The quantitative estimate of drug-likeness (QED) is 0.411. The van der Waals surface area contributed by atoms with E-state index in [1.165, 1.54) is 18.2 Å². The third-order valence-electron chi connectivity index (χ3n) is 5.14. The summed E-state index contributed by atoms with van der Waals surface area (Å²) in [5, 5.41) is 7.25. The second-order valence-electron chi connectivity index (χ2n) is 7.65. The zero-order valence-electron chi connectivity index (χ0n) is 17.1. The molecule has 1 aromatic heterocycles. The van der Waals surface area contributed by atoms with Crippen LogP contribution in [0.2, 0.25) is 5.02 Å². The number of aromatic nitrogens is 2. The Morgan fingerprint density at radius 3 is 2.53 bits per heavy atom.